The summed E-state index contributed by atoms with van der Waals surface area (Å²) in [6.45, 7) is 8.39. The van der Waals surface area contributed by atoms with Gasteiger partial charge in [-0.1, -0.05) is 20.8 Å². The average Bonchev–Trinajstić information content (AvgIpc) is 2.17. The second kappa shape index (κ2) is 8.21. The highest BCUT2D eigenvalue weighted by atomic mass is 16.3. The summed E-state index contributed by atoms with van der Waals surface area (Å²) in [6, 6.07) is 0. The molecule has 0 aliphatic carbocycles. The van der Waals surface area contributed by atoms with Gasteiger partial charge in [-0.15, -0.1) is 0 Å². The first-order valence-electron chi connectivity index (χ1n) is 5.72. The number of hydrogen-bond donors (Lipinski definition) is 2. The van der Waals surface area contributed by atoms with Crippen LogP contribution in [0.2, 0.25) is 0 Å². The molecule has 0 saturated heterocycles. The quantitative estimate of drug-likeness (QED) is 0.624. The Morgan fingerprint density at radius 3 is 1.64 bits per heavy atom. The standard InChI is InChI=1S/C11H25NO2/c1-4-7-12(8-10(13)5-2)9-11(14)6-3/h10-11,13-14H,4-9H2,1-3H3. The lowest BCUT2D eigenvalue weighted by atomic mass is 10.2. The highest BCUT2D eigenvalue weighted by molar-refractivity contribution is 4.67. The molecule has 0 fully saturated rings. The highest BCUT2D eigenvalue weighted by Gasteiger charge is 2.12. The molecule has 0 aromatic heterocycles. The van der Waals surface area contributed by atoms with Crippen molar-refractivity contribution in [1.82, 2.24) is 4.90 Å². The van der Waals surface area contributed by atoms with Crippen molar-refractivity contribution in [3.05, 3.63) is 0 Å². The van der Waals surface area contributed by atoms with E-state index in [0.717, 1.165) is 25.8 Å². The molecule has 2 atom stereocenters. The summed E-state index contributed by atoms with van der Waals surface area (Å²) in [4.78, 5) is 2.14. The molecular formula is C11H25NO2. The van der Waals surface area contributed by atoms with Crippen LogP contribution < -0.4 is 0 Å². The predicted octanol–water partition coefficient (Wildman–Crippen LogP) is 1.24. The van der Waals surface area contributed by atoms with Crippen LogP contribution >= 0.6 is 0 Å². The van der Waals surface area contributed by atoms with Gasteiger partial charge in [-0.05, 0) is 25.8 Å². The van der Waals surface area contributed by atoms with Gasteiger partial charge in [-0.25, -0.2) is 0 Å². The lowest BCUT2D eigenvalue weighted by molar-refractivity contribution is 0.0665. The molecule has 86 valence electrons. The van der Waals surface area contributed by atoms with Gasteiger partial charge in [0, 0.05) is 13.1 Å². The van der Waals surface area contributed by atoms with E-state index in [9.17, 15) is 10.2 Å². The first kappa shape index (κ1) is 13.9. The number of hydrogen-bond acceptors (Lipinski definition) is 3. The van der Waals surface area contributed by atoms with E-state index < -0.39 is 0 Å². The second-order valence-electron chi connectivity index (χ2n) is 3.88. The lowest BCUT2D eigenvalue weighted by Gasteiger charge is -2.26. The van der Waals surface area contributed by atoms with Crippen molar-refractivity contribution in [2.24, 2.45) is 0 Å². The maximum Gasteiger partial charge on any atom is 0.0664 e. The minimum atomic E-state index is -0.259. The molecule has 0 aliphatic rings. The summed E-state index contributed by atoms with van der Waals surface area (Å²) >= 11 is 0. The van der Waals surface area contributed by atoms with Gasteiger partial charge in [0.15, 0.2) is 0 Å². The molecule has 0 radical (unpaired) electrons. The van der Waals surface area contributed by atoms with Crippen LogP contribution in [0.4, 0.5) is 0 Å². The van der Waals surface area contributed by atoms with E-state index in [1.807, 2.05) is 13.8 Å². The van der Waals surface area contributed by atoms with E-state index in [2.05, 4.69) is 11.8 Å². The van der Waals surface area contributed by atoms with Crippen LogP contribution in [0.1, 0.15) is 40.0 Å². The highest BCUT2D eigenvalue weighted by Crippen LogP contribution is 2.01. The van der Waals surface area contributed by atoms with Gasteiger partial charge in [-0.2, -0.15) is 0 Å². The maximum absolute atomic E-state index is 9.52. The van der Waals surface area contributed by atoms with E-state index in [-0.39, 0.29) is 12.2 Å². The Labute approximate surface area is 87.7 Å². The molecule has 0 rings (SSSR count). The summed E-state index contributed by atoms with van der Waals surface area (Å²) in [7, 11) is 0. The summed E-state index contributed by atoms with van der Waals surface area (Å²) in [5.41, 5.74) is 0. The Hall–Kier alpha value is -0.120. The maximum atomic E-state index is 9.52. The fourth-order valence-electron chi connectivity index (χ4n) is 1.43. The zero-order valence-corrected chi connectivity index (χ0v) is 9.74. The van der Waals surface area contributed by atoms with Gasteiger partial charge in [0.1, 0.15) is 0 Å². The third-order valence-corrected chi connectivity index (χ3v) is 2.42. The third kappa shape index (κ3) is 6.35. The van der Waals surface area contributed by atoms with E-state index >= 15 is 0 Å². The van der Waals surface area contributed by atoms with Crippen molar-refractivity contribution in [3.8, 4) is 0 Å². The van der Waals surface area contributed by atoms with Gasteiger partial charge >= 0.3 is 0 Å². The van der Waals surface area contributed by atoms with Crippen LogP contribution in [0.5, 0.6) is 0 Å². The van der Waals surface area contributed by atoms with Gasteiger partial charge in [0.25, 0.3) is 0 Å². The molecule has 0 bridgehead atoms. The molecular weight excluding hydrogens is 178 g/mol. The smallest absolute Gasteiger partial charge is 0.0664 e. The molecule has 0 aliphatic heterocycles. The first-order chi connectivity index (χ1) is 6.63. The van der Waals surface area contributed by atoms with Crippen LogP contribution in [0, 0.1) is 0 Å². The van der Waals surface area contributed by atoms with Crippen LogP contribution in [-0.4, -0.2) is 47.0 Å². The minimum Gasteiger partial charge on any atom is -0.392 e. The van der Waals surface area contributed by atoms with E-state index in [1.54, 1.807) is 0 Å². The van der Waals surface area contributed by atoms with Crippen molar-refractivity contribution in [1.29, 1.82) is 0 Å². The Morgan fingerprint density at radius 1 is 0.929 bits per heavy atom. The molecule has 0 spiro atoms. The molecule has 0 aromatic rings. The number of nitrogens with zero attached hydrogens (tertiary/aromatic N) is 1. The SMILES string of the molecule is CCCN(CC(O)CC)CC(O)CC. The molecule has 2 unspecified atom stereocenters. The fourth-order valence-corrected chi connectivity index (χ4v) is 1.43. The van der Waals surface area contributed by atoms with Crippen molar-refractivity contribution < 1.29 is 10.2 Å². The third-order valence-electron chi connectivity index (χ3n) is 2.42. The number of rotatable bonds is 8. The molecule has 0 heterocycles. The van der Waals surface area contributed by atoms with Crippen molar-refractivity contribution in [2.45, 2.75) is 52.2 Å². The Balaban J connectivity index is 3.88. The fraction of sp³-hybridized carbons (Fsp3) is 1.00. The molecule has 14 heavy (non-hydrogen) atoms. The Morgan fingerprint density at radius 2 is 1.36 bits per heavy atom. The Kier molecular flexibility index (Phi) is 8.14. The van der Waals surface area contributed by atoms with Gasteiger partial charge in [0.2, 0.25) is 0 Å². The minimum absolute atomic E-state index is 0.259. The number of aliphatic hydroxyl groups is 2. The van der Waals surface area contributed by atoms with Crippen LogP contribution in [0.15, 0.2) is 0 Å². The molecule has 3 heteroatoms. The normalized spacial score (nSPS) is 15.9. The molecule has 2 N–H and O–H groups in total. The molecule has 0 aromatic carbocycles. The van der Waals surface area contributed by atoms with Crippen molar-refractivity contribution >= 4 is 0 Å². The zero-order chi connectivity index (χ0) is 11.0. The van der Waals surface area contributed by atoms with Crippen LogP contribution in [-0.2, 0) is 0 Å². The topological polar surface area (TPSA) is 43.7 Å². The monoisotopic (exact) mass is 203 g/mol. The lowest BCUT2D eigenvalue weighted by Crippen LogP contribution is -2.38. The largest absolute Gasteiger partial charge is 0.392 e. The molecule has 0 saturated carbocycles. The van der Waals surface area contributed by atoms with Crippen LogP contribution in [0.25, 0.3) is 0 Å². The number of aliphatic hydroxyl groups excluding tert-OH is 2. The summed E-state index contributed by atoms with van der Waals surface area (Å²) in [5, 5.41) is 19.0. The van der Waals surface area contributed by atoms with E-state index in [0.29, 0.717) is 13.1 Å². The summed E-state index contributed by atoms with van der Waals surface area (Å²) in [5.74, 6) is 0. The average molecular weight is 203 g/mol. The van der Waals surface area contributed by atoms with Gasteiger partial charge in [0.05, 0.1) is 12.2 Å². The van der Waals surface area contributed by atoms with E-state index in [4.69, 9.17) is 0 Å². The first-order valence-corrected chi connectivity index (χ1v) is 5.72. The molecule has 0 amide bonds. The van der Waals surface area contributed by atoms with Gasteiger partial charge < -0.3 is 10.2 Å². The predicted molar refractivity (Wildman–Crippen MR) is 59.3 cm³/mol. The summed E-state index contributed by atoms with van der Waals surface area (Å²) in [6.07, 6.45) is 2.11. The molecule has 3 nitrogen and oxygen atoms in total. The van der Waals surface area contributed by atoms with Gasteiger partial charge in [-0.3, -0.25) is 4.90 Å². The van der Waals surface area contributed by atoms with Crippen molar-refractivity contribution in [2.75, 3.05) is 19.6 Å². The zero-order valence-electron chi connectivity index (χ0n) is 9.74. The second-order valence-corrected chi connectivity index (χ2v) is 3.88. The van der Waals surface area contributed by atoms with Crippen LogP contribution in [0.3, 0.4) is 0 Å². The summed E-state index contributed by atoms with van der Waals surface area (Å²) < 4.78 is 0. The Bertz CT molecular complexity index is 118. The van der Waals surface area contributed by atoms with Crippen molar-refractivity contribution in [3.63, 3.8) is 0 Å². The van der Waals surface area contributed by atoms with E-state index in [1.165, 1.54) is 0 Å².